The first-order valence-electron chi connectivity index (χ1n) is 9.99. The molecule has 4 rings (SSSR count). The van der Waals surface area contributed by atoms with Gasteiger partial charge in [0.1, 0.15) is 0 Å². The van der Waals surface area contributed by atoms with E-state index in [0.717, 1.165) is 44.6 Å². The van der Waals surface area contributed by atoms with E-state index in [-0.39, 0.29) is 11.9 Å². The number of rotatable bonds is 6. The van der Waals surface area contributed by atoms with Gasteiger partial charge in [-0.3, -0.25) is 4.79 Å². The molecule has 0 radical (unpaired) electrons. The summed E-state index contributed by atoms with van der Waals surface area (Å²) < 4.78 is 5.40. The Morgan fingerprint density at radius 2 is 1.61 bits per heavy atom. The highest BCUT2D eigenvalue weighted by Crippen LogP contribution is 2.26. The van der Waals surface area contributed by atoms with Gasteiger partial charge in [0.05, 0.1) is 6.26 Å². The van der Waals surface area contributed by atoms with Gasteiger partial charge in [-0.1, -0.05) is 48.5 Å². The Labute approximate surface area is 166 Å². The Kier molecular flexibility index (Phi) is 5.88. The molecule has 2 heterocycles. The van der Waals surface area contributed by atoms with Crippen molar-refractivity contribution in [3.63, 3.8) is 0 Å². The van der Waals surface area contributed by atoms with Crippen molar-refractivity contribution in [3.05, 3.63) is 90.4 Å². The molecule has 1 fully saturated rings. The average Bonchev–Trinajstić information content (AvgIpc) is 3.30. The molecule has 0 atom stereocenters. The Balaban J connectivity index is 1.42. The zero-order valence-electron chi connectivity index (χ0n) is 16.0. The zero-order valence-corrected chi connectivity index (χ0v) is 16.0. The second-order valence-electron chi connectivity index (χ2n) is 7.30. The minimum atomic E-state index is -0.0565. The summed E-state index contributed by atoms with van der Waals surface area (Å²) in [4.78, 5) is 17.5. The van der Waals surface area contributed by atoms with E-state index >= 15 is 0 Å². The summed E-state index contributed by atoms with van der Waals surface area (Å²) >= 11 is 0. The Hall–Kier alpha value is -2.85. The van der Waals surface area contributed by atoms with Gasteiger partial charge in [-0.05, 0) is 49.1 Å². The zero-order chi connectivity index (χ0) is 19.2. The largest absolute Gasteiger partial charge is 0.459 e. The predicted molar refractivity (Wildman–Crippen MR) is 112 cm³/mol. The molecule has 1 aromatic heterocycles. The Morgan fingerprint density at radius 1 is 0.929 bits per heavy atom. The second kappa shape index (κ2) is 8.89. The maximum absolute atomic E-state index is 13.1. The molecule has 3 aromatic rings. The van der Waals surface area contributed by atoms with Gasteiger partial charge in [0, 0.05) is 31.4 Å². The fourth-order valence-corrected chi connectivity index (χ4v) is 3.93. The van der Waals surface area contributed by atoms with E-state index in [1.807, 2.05) is 35.2 Å². The number of anilines is 1. The molecule has 1 saturated heterocycles. The summed E-state index contributed by atoms with van der Waals surface area (Å²) in [5.74, 6) is 0.342. The van der Waals surface area contributed by atoms with Gasteiger partial charge in [-0.25, -0.2) is 0 Å². The van der Waals surface area contributed by atoms with Crippen molar-refractivity contribution in [2.24, 2.45) is 0 Å². The van der Waals surface area contributed by atoms with Crippen molar-refractivity contribution in [2.75, 3.05) is 24.5 Å². The highest BCUT2D eigenvalue weighted by atomic mass is 16.3. The lowest BCUT2D eigenvalue weighted by Gasteiger charge is -2.38. The number of piperidine rings is 1. The van der Waals surface area contributed by atoms with Crippen LogP contribution >= 0.6 is 0 Å². The lowest BCUT2D eigenvalue weighted by atomic mass is 10.0. The van der Waals surface area contributed by atoms with E-state index in [4.69, 9.17) is 4.42 Å². The molecule has 0 saturated carbocycles. The topological polar surface area (TPSA) is 36.7 Å². The van der Waals surface area contributed by atoms with Crippen molar-refractivity contribution in [3.8, 4) is 0 Å². The van der Waals surface area contributed by atoms with Crippen LogP contribution in [-0.2, 0) is 6.42 Å². The first-order valence-corrected chi connectivity index (χ1v) is 9.99. The molecule has 144 valence electrons. The molecule has 4 nitrogen and oxygen atoms in total. The van der Waals surface area contributed by atoms with Crippen LogP contribution in [0.4, 0.5) is 5.69 Å². The van der Waals surface area contributed by atoms with E-state index in [2.05, 4.69) is 35.2 Å². The van der Waals surface area contributed by atoms with Crippen LogP contribution in [0, 0.1) is 0 Å². The van der Waals surface area contributed by atoms with Crippen LogP contribution in [0.15, 0.2) is 83.5 Å². The maximum atomic E-state index is 13.1. The van der Waals surface area contributed by atoms with E-state index in [1.54, 1.807) is 18.4 Å². The number of benzene rings is 2. The molecule has 2 aromatic carbocycles. The number of carbonyl (C=O) groups excluding carboxylic acids is 1. The van der Waals surface area contributed by atoms with Gasteiger partial charge in [-0.2, -0.15) is 0 Å². The minimum Gasteiger partial charge on any atom is -0.459 e. The first kappa shape index (κ1) is 18.5. The third-order valence-corrected chi connectivity index (χ3v) is 5.47. The van der Waals surface area contributed by atoms with Gasteiger partial charge >= 0.3 is 0 Å². The van der Waals surface area contributed by atoms with Crippen LogP contribution in [0.25, 0.3) is 0 Å². The molecule has 1 aliphatic heterocycles. The summed E-state index contributed by atoms with van der Waals surface area (Å²) in [5, 5.41) is 0. The molecular formula is C24H26N2O2. The van der Waals surface area contributed by atoms with Gasteiger partial charge in [0.25, 0.3) is 5.91 Å². The Morgan fingerprint density at radius 3 is 2.25 bits per heavy atom. The molecule has 0 unspecified atom stereocenters. The van der Waals surface area contributed by atoms with Crippen LogP contribution in [0.5, 0.6) is 0 Å². The first-order chi connectivity index (χ1) is 13.8. The highest BCUT2D eigenvalue weighted by molar-refractivity contribution is 6.04. The number of hydrogen-bond acceptors (Lipinski definition) is 3. The molecule has 28 heavy (non-hydrogen) atoms. The summed E-state index contributed by atoms with van der Waals surface area (Å²) in [7, 11) is 0. The van der Waals surface area contributed by atoms with Crippen LogP contribution in [0.3, 0.4) is 0 Å². The molecule has 0 spiro atoms. The average molecular weight is 380 g/mol. The van der Waals surface area contributed by atoms with E-state index < -0.39 is 0 Å². The molecule has 4 heteroatoms. The normalized spacial score (nSPS) is 15.4. The Bertz CT molecular complexity index is 854. The van der Waals surface area contributed by atoms with Crippen LogP contribution in [0.2, 0.25) is 0 Å². The summed E-state index contributed by atoms with van der Waals surface area (Å²) in [6.07, 6.45) is 4.56. The van der Waals surface area contributed by atoms with Crippen molar-refractivity contribution < 1.29 is 9.21 Å². The smallest absolute Gasteiger partial charge is 0.294 e. The molecule has 1 aliphatic rings. The number of nitrogens with zero attached hydrogens (tertiary/aromatic N) is 2. The maximum Gasteiger partial charge on any atom is 0.294 e. The van der Waals surface area contributed by atoms with Crippen molar-refractivity contribution >= 4 is 11.6 Å². The molecule has 0 bridgehead atoms. The third kappa shape index (κ3) is 4.34. The van der Waals surface area contributed by atoms with Crippen molar-refractivity contribution in [1.29, 1.82) is 0 Å². The molecule has 1 amide bonds. The van der Waals surface area contributed by atoms with Gasteiger partial charge < -0.3 is 14.2 Å². The molecule has 0 aliphatic carbocycles. The van der Waals surface area contributed by atoms with E-state index in [1.165, 1.54) is 5.56 Å². The van der Waals surface area contributed by atoms with Gasteiger partial charge in [0.2, 0.25) is 0 Å². The summed E-state index contributed by atoms with van der Waals surface area (Å²) in [5.41, 5.74) is 2.31. The van der Waals surface area contributed by atoms with E-state index in [0.29, 0.717) is 5.76 Å². The summed E-state index contributed by atoms with van der Waals surface area (Å²) in [6, 6.07) is 24.3. The quantitative estimate of drug-likeness (QED) is 0.625. The number of furan rings is 1. The number of para-hydroxylation sites is 1. The SMILES string of the molecule is O=C(c1ccco1)N(C1CCN(CCc2ccccc2)CC1)[13c]1[13cH][13cH][13cH][13cH][13cH]1. The fourth-order valence-electron chi connectivity index (χ4n) is 3.93. The summed E-state index contributed by atoms with van der Waals surface area (Å²) in [6.45, 7) is 3.08. The van der Waals surface area contributed by atoms with Crippen LogP contribution in [0.1, 0.15) is 29.0 Å². The number of likely N-dealkylation sites (tertiary alicyclic amines) is 1. The standard InChI is InChI=1S/C24H26N2O2/c27-24(23-12-7-19-28-23)26(21-10-5-2-6-11-21)22-14-17-25(18-15-22)16-13-20-8-3-1-4-9-20/h1-12,19,22H,13-18H2/i2+1,5+1,6+1,10+1,11+1,21+1. The lowest BCUT2D eigenvalue weighted by Crippen LogP contribution is -2.48. The fraction of sp³-hybridized carbons (Fsp3) is 0.292. The molecular weight excluding hydrogens is 354 g/mol. The van der Waals surface area contributed by atoms with Crippen LogP contribution in [-0.4, -0.2) is 36.5 Å². The lowest BCUT2D eigenvalue weighted by molar-refractivity contribution is 0.0933. The number of amides is 1. The predicted octanol–water partition coefficient (Wildman–Crippen LogP) is 4.63. The monoisotopic (exact) mass is 380 g/mol. The van der Waals surface area contributed by atoms with E-state index in [9.17, 15) is 4.79 Å². The number of carbonyl (C=O) groups is 1. The third-order valence-electron chi connectivity index (χ3n) is 5.47. The second-order valence-corrected chi connectivity index (χ2v) is 7.30. The highest BCUT2D eigenvalue weighted by Gasteiger charge is 2.30. The molecule has 0 N–H and O–H groups in total. The number of hydrogen-bond donors (Lipinski definition) is 0. The van der Waals surface area contributed by atoms with Crippen molar-refractivity contribution in [1.82, 2.24) is 4.90 Å². The van der Waals surface area contributed by atoms with Gasteiger partial charge in [0.15, 0.2) is 5.76 Å². The van der Waals surface area contributed by atoms with Gasteiger partial charge in [-0.15, -0.1) is 0 Å². The van der Waals surface area contributed by atoms with Crippen molar-refractivity contribution in [2.45, 2.75) is 25.3 Å². The van der Waals surface area contributed by atoms with Crippen LogP contribution < -0.4 is 4.90 Å². The minimum absolute atomic E-state index is 0.0565.